The van der Waals surface area contributed by atoms with Crippen LogP contribution in [-0.2, 0) is 6.54 Å². The van der Waals surface area contributed by atoms with Crippen molar-refractivity contribution in [1.29, 1.82) is 0 Å². The lowest BCUT2D eigenvalue weighted by atomic mass is 10.2. The van der Waals surface area contributed by atoms with Crippen molar-refractivity contribution >= 4 is 49.7 Å². The summed E-state index contributed by atoms with van der Waals surface area (Å²) in [5.74, 6) is 1.20. The minimum Gasteiger partial charge on any atom is -0.508 e. The highest BCUT2D eigenvalue weighted by atomic mass is 79.9. The van der Waals surface area contributed by atoms with Crippen LogP contribution in [-0.4, -0.2) is 23.9 Å². The molecular weight excluding hydrogens is 434 g/mol. The van der Waals surface area contributed by atoms with Crippen LogP contribution < -0.4 is 0 Å². The summed E-state index contributed by atoms with van der Waals surface area (Å²) in [7, 11) is 0. The van der Waals surface area contributed by atoms with E-state index >= 15 is 0 Å². The Hall–Kier alpha value is -1.79. The summed E-state index contributed by atoms with van der Waals surface area (Å²) < 4.78 is 4.37. The number of phenols is 1. The first-order chi connectivity index (χ1) is 11.1. The Bertz CT molecular complexity index is 987. The molecule has 0 radical (unpaired) electrons. The number of nitrogens with zero attached hydrogens (tertiary/aromatic N) is 3. The van der Waals surface area contributed by atoms with Crippen molar-refractivity contribution in [2.24, 2.45) is 0 Å². The van der Waals surface area contributed by atoms with Gasteiger partial charge in [0.1, 0.15) is 5.75 Å². The van der Waals surface area contributed by atoms with E-state index in [4.69, 9.17) is 4.98 Å². The van der Waals surface area contributed by atoms with Gasteiger partial charge in [-0.3, -0.25) is 4.40 Å². The first-order valence-electron chi connectivity index (χ1n) is 7.53. The number of imidazole rings is 2. The van der Waals surface area contributed by atoms with Gasteiger partial charge in [0.05, 0.1) is 16.7 Å². The molecular formula is C18H17Br2N3O. The SMILES string of the molecule is Br.CC(Br)Cn1c2ccccc2n2cc(-c3ccc(O)cc3)nc12. The van der Waals surface area contributed by atoms with Crippen LogP contribution in [0.15, 0.2) is 54.7 Å². The van der Waals surface area contributed by atoms with Gasteiger partial charge in [-0.25, -0.2) is 4.98 Å². The highest BCUT2D eigenvalue weighted by Gasteiger charge is 2.15. The number of alkyl halides is 1. The second-order valence-corrected chi connectivity index (χ2v) is 7.29. The van der Waals surface area contributed by atoms with Crippen molar-refractivity contribution in [2.45, 2.75) is 18.3 Å². The van der Waals surface area contributed by atoms with E-state index in [1.165, 1.54) is 5.52 Å². The van der Waals surface area contributed by atoms with E-state index in [0.29, 0.717) is 4.83 Å². The van der Waals surface area contributed by atoms with Crippen LogP contribution in [0.25, 0.3) is 28.1 Å². The van der Waals surface area contributed by atoms with Crippen LogP contribution >= 0.6 is 32.9 Å². The molecule has 0 bridgehead atoms. The maximum absolute atomic E-state index is 9.45. The maximum Gasteiger partial charge on any atom is 0.215 e. The molecule has 2 aromatic heterocycles. The molecule has 0 saturated carbocycles. The van der Waals surface area contributed by atoms with Crippen LogP contribution in [0.2, 0.25) is 0 Å². The number of aromatic nitrogens is 3. The zero-order valence-electron chi connectivity index (χ0n) is 13.1. The lowest BCUT2D eigenvalue weighted by Crippen LogP contribution is -2.06. The fraction of sp³-hybridized carbons (Fsp3) is 0.167. The average molecular weight is 451 g/mol. The van der Waals surface area contributed by atoms with Gasteiger partial charge in [-0.2, -0.15) is 0 Å². The molecule has 2 heterocycles. The molecule has 1 unspecified atom stereocenters. The van der Waals surface area contributed by atoms with Crippen LogP contribution in [0.5, 0.6) is 5.75 Å². The van der Waals surface area contributed by atoms with Gasteiger partial charge >= 0.3 is 0 Å². The first kappa shape index (κ1) is 17.0. The van der Waals surface area contributed by atoms with E-state index in [9.17, 15) is 5.11 Å². The zero-order chi connectivity index (χ0) is 16.0. The molecule has 0 saturated heterocycles. The molecule has 0 amide bonds. The van der Waals surface area contributed by atoms with Crippen LogP contribution in [0.3, 0.4) is 0 Å². The highest BCUT2D eigenvalue weighted by molar-refractivity contribution is 9.09. The van der Waals surface area contributed by atoms with E-state index in [1.54, 1.807) is 12.1 Å². The Morgan fingerprint density at radius 2 is 1.75 bits per heavy atom. The molecule has 0 spiro atoms. The summed E-state index contributed by atoms with van der Waals surface area (Å²) in [5.41, 5.74) is 4.22. The van der Waals surface area contributed by atoms with Gasteiger partial charge in [-0.05, 0) is 36.4 Å². The number of halogens is 2. The molecule has 4 nitrogen and oxygen atoms in total. The smallest absolute Gasteiger partial charge is 0.215 e. The Morgan fingerprint density at radius 3 is 2.42 bits per heavy atom. The Balaban J connectivity index is 0.00000169. The van der Waals surface area contributed by atoms with Crippen molar-refractivity contribution in [3.8, 4) is 17.0 Å². The molecule has 1 atom stereocenters. The quantitative estimate of drug-likeness (QED) is 0.445. The Kier molecular flexibility index (Phi) is 4.69. The predicted molar refractivity (Wildman–Crippen MR) is 106 cm³/mol. The van der Waals surface area contributed by atoms with Crippen LogP contribution in [0, 0.1) is 0 Å². The van der Waals surface area contributed by atoms with E-state index in [-0.39, 0.29) is 22.7 Å². The molecule has 1 N–H and O–H groups in total. The lowest BCUT2D eigenvalue weighted by molar-refractivity contribution is 0.475. The molecule has 24 heavy (non-hydrogen) atoms. The van der Waals surface area contributed by atoms with E-state index in [2.05, 4.69) is 56.2 Å². The number of fused-ring (bicyclic) bond motifs is 3. The monoisotopic (exact) mass is 449 g/mol. The van der Waals surface area contributed by atoms with Crippen LogP contribution in [0.4, 0.5) is 0 Å². The van der Waals surface area contributed by atoms with E-state index in [0.717, 1.165) is 29.1 Å². The zero-order valence-corrected chi connectivity index (χ0v) is 16.4. The number of phenolic OH excluding ortho intramolecular Hbond substituents is 1. The molecule has 6 heteroatoms. The van der Waals surface area contributed by atoms with Gasteiger partial charge in [0.15, 0.2) is 0 Å². The normalized spacial score (nSPS) is 12.4. The lowest BCUT2D eigenvalue weighted by Gasteiger charge is -2.06. The number of benzene rings is 2. The Morgan fingerprint density at radius 1 is 1.08 bits per heavy atom. The number of aromatic hydroxyl groups is 1. The molecule has 0 aliphatic carbocycles. The summed E-state index contributed by atoms with van der Waals surface area (Å²) in [6.07, 6.45) is 2.06. The number of para-hydroxylation sites is 2. The number of hydrogen-bond donors (Lipinski definition) is 1. The standard InChI is InChI=1S/C18H16BrN3O.BrH/c1-12(19)10-21-16-4-2-3-5-17(16)22-11-15(20-18(21)22)13-6-8-14(23)9-7-13;/h2-9,11-12,23H,10H2,1H3;1H. The molecule has 0 fully saturated rings. The molecule has 4 rings (SSSR count). The van der Waals surface area contributed by atoms with Crippen molar-refractivity contribution in [1.82, 2.24) is 14.0 Å². The van der Waals surface area contributed by atoms with Gasteiger partial charge in [0.2, 0.25) is 5.78 Å². The second kappa shape index (κ2) is 6.61. The minimum atomic E-state index is 0. The van der Waals surface area contributed by atoms with Crippen molar-refractivity contribution in [2.75, 3.05) is 0 Å². The van der Waals surface area contributed by atoms with E-state index < -0.39 is 0 Å². The molecule has 0 aliphatic heterocycles. The summed E-state index contributed by atoms with van der Waals surface area (Å²) in [5, 5.41) is 9.45. The number of hydrogen-bond acceptors (Lipinski definition) is 2. The summed E-state index contributed by atoms with van der Waals surface area (Å²) in [6.45, 7) is 2.98. The van der Waals surface area contributed by atoms with Gasteiger partial charge in [-0.1, -0.05) is 35.0 Å². The fourth-order valence-corrected chi connectivity index (χ4v) is 3.23. The van der Waals surface area contributed by atoms with Crippen molar-refractivity contribution in [3.05, 3.63) is 54.7 Å². The molecule has 0 aliphatic rings. The van der Waals surface area contributed by atoms with Gasteiger partial charge in [0.25, 0.3) is 0 Å². The third kappa shape index (κ3) is 2.84. The summed E-state index contributed by atoms with van der Waals surface area (Å²) >= 11 is 3.64. The Labute approximate surface area is 158 Å². The topological polar surface area (TPSA) is 42.5 Å². The van der Waals surface area contributed by atoms with Crippen molar-refractivity contribution < 1.29 is 5.11 Å². The molecule has 2 aromatic carbocycles. The largest absolute Gasteiger partial charge is 0.508 e. The van der Waals surface area contributed by atoms with Gasteiger partial charge in [-0.15, -0.1) is 17.0 Å². The maximum atomic E-state index is 9.45. The first-order valence-corrected chi connectivity index (χ1v) is 8.45. The second-order valence-electron chi connectivity index (χ2n) is 5.72. The summed E-state index contributed by atoms with van der Waals surface area (Å²) in [6, 6.07) is 15.5. The number of rotatable bonds is 3. The van der Waals surface area contributed by atoms with Crippen LogP contribution in [0.1, 0.15) is 6.92 Å². The van der Waals surface area contributed by atoms with E-state index in [1.807, 2.05) is 18.2 Å². The van der Waals surface area contributed by atoms with Gasteiger partial charge < -0.3 is 9.67 Å². The third-order valence-electron chi connectivity index (χ3n) is 3.96. The third-order valence-corrected chi connectivity index (χ3v) is 4.25. The average Bonchev–Trinajstić information content (AvgIpc) is 3.08. The molecule has 4 aromatic rings. The fourth-order valence-electron chi connectivity index (χ4n) is 2.94. The van der Waals surface area contributed by atoms with Gasteiger partial charge in [0, 0.05) is 23.1 Å². The predicted octanol–water partition coefficient (Wildman–Crippen LogP) is 5.02. The van der Waals surface area contributed by atoms with Crippen molar-refractivity contribution in [3.63, 3.8) is 0 Å². The minimum absolute atomic E-state index is 0. The molecule has 124 valence electrons. The summed E-state index contributed by atoms with van der Waals surface area (Å²) in [4.78, 5) is 5.18. The highest BCUT2D eigenvalue weighted by Crippen LogP contribution is 2.27.